The van der Waals surface area contributed by atoms with Crippen LogP contribution in [-0.2, 0) is 13.8 Å². The Bertz CT molecular complexity index is 573. The summed E-state index contributed by atoms with van der Waals surface area (Å²) in [5.41, 5.74) is -0.593. The van der Waals surface area contributed by atoms with Crippen LogP contribution in [0.25, 0.3) is 0 Å². The first-order valence-electron chi connectivity index (χ1n) is 4.98. The van der Waals surface area contributed by atoms with Gasteiger partial charge in [0.1, 0.15) is 10.5 Å². The molecule has 18 heavy (non-hydrogen) atoms. The largest absolute Gasteiger partial charge is 0.456 e. The van der Waals surface area contributed by atoms with Crippen LogP contribution in [0, 0.1) is 0 Å². The molecule has 1 aromatic rings. The summed E-state index contributed by atoms with van der Waals surface area (Å²) in [6.45, 7) is 5.13. The number of rotatable bonds is 2. The first kappa shape index (κ1) is 15.3. The molecule has 0 bridgehead atoms. The summed E-state index contributed by atoms with van der Waals surface area (Å²) in [5.74, 6) is -0.638. The molecule has 0 unspecified atom stereocenters. The average molecular weight is 311 g/mol. The first-order valence-corrected chi connectivity index (χ1v) is 7.67. The van der Waals surface area contributed by atoms with Crippen molar-refractivity contribution >= 4 is 37.3 Å². The summed E-state index contributed by atoms with van der Waals surface area (Å²) in [4.78, 5) is 11.4. The number of ether oxygens (including phenoxy) is 1. The lowest BCUT2D eigenvalue weighted by Crippen LogP contribution is -2.24. The van der Waals surface area contributed by atoms with Crippen molar-refractivity contribution in [3.63, 3.8) is 0 Å². The van der Waals surface area contributed by atoms with E-state index in [4.69, 9.17) is 27.0 Å². The molecule has 0 atom stereocenters. The fourth-order valence-electron chi connectivity index (χ4n) is 1.15. The summed E-state index contributed by atoms with van der Waals surface area (Å²) in [6, 6.07) is 3.76. The van der Waals surface area contributed by atoms with Gasteiger partial charge in [0.25, 0.3) is 9.05 Å². The minimum Gasteiger partial charge on any atom is -0.456 e. The van der Waals surface area contributed by atoms with Crippen molar-refractivity contribution in [3.05, 3.63) is 28.8 Å². The van der Waals surface area contributed by atoms with Crippen molar-refractivity contribution in [2.24, 2.45) is 0 Å². The van der Waals surface area contributed by atoms with Crippen LogP contribution in [0.5, 0.6) is 0 Å². The van der Waals surface area contributed by atoms with Crippen LogP contribution in [0.15, 0.2) is 23.1 Å². The van der Waals surface area contributed by atoms with Gasteiger partial charge >= 0.3 is 5.97 Å². The Kier molecular flexibility index (Phi) is 4.30. The molecule has 0 aliphatic rings. The van der Waals surface area contributed by atoms with Crippen molar-refractivity contribution in [2.45, 2.75) is 31.3 Å². The van der Waals surface area contributed by atoms with Crippen molar-refractivity contribution < 1.29 is 17.9 Å². The fraction of sp³-hybridized carbons (Fsp3) is 0.364. The number of halogens is 2. The standard InChI is InChI=1S/C11H12Cl2O4S/c1-11(2,3)17-10(14)7-4-5-8(12)9(6-7)18(13,15)16/h4-6H,1-3H3. The van der Waals surface area contributed by atoms with E-state index in [-0.39, 0.29) is 15.5 Å². The second-order valence-electron chi connectivity index (χ2n) is 4.58. The number of carbonyl (C=O) groups excluding carboxylic acids is 1. The van der Waals surface area contributed by atoms with Gasteiger partial charge in [-0.3, -0.25) is 0 Å². The van der Waals surface area contributed by atoms with E-state index in [1.807, 2.05) is 0 Å². The quantitative estimate of drug-likeness (QED) is 0.621. The van der Waals surface area contributed by atoms with E-state index in [1.54, 1.807) is 20.8 Å². The third kappa shape index (κ3) is 4.15. The van der Waals surface area contributed by atoms with Gasteiger partial charge in [-0.05, 0) is 39.0 Å². The van der Waals surface area contributed by atoms with Crippen molar-refractivity contribution in [3.8, 4) is 0 Å². The van der Waals surface area contributed by atoms with Crippen LogP contribution < -0.4 is 0 Å². The van der Waals surface area contributed by atoms with Gasteiger partial charge in [0, 0.05) is 10.7 Å². The van der Waals surface area contributed by atoms with Gasteiger partial charge in [-0.2, -0.15) is 0 Å². The Morgan fingerprint density at radius 1 is 1.28 bits per heavy atom. The summed E-state index contributed by atoms with van der Waals surface area (Å²) in [7, 11) is 1.21. The van der Waals surface area contributed by atoms with Crippen LogP contribution in [0.4, 0.5) is 0 Å². The number of hydrogen-bond acceptors (Lipinski definition) is 4. The number of benzene rings is 1. The van der Waals surface area contributed by atoms with E-state index in [9.17, 15) is 13.2 Å². The minimum atomic E-state index is -4.00. The second kappa shape index (κ2) is 5.07. The SMILES string of the molecule is CC(C)(C)OC(=O)c1ccc(Cl)c(S(=O)(=O)Cl)c1. The Morgan fingerprint density at radius 3 is 2.28 bits per heavy atom. The minimum absolute atomic E-state index is 0.0442. The summed E-state index contributed by atoms with van der Waals surface area (Å²) in [6.07, 6.45) is 0. The van der Waals surface area contributed by atoms with Gasteiger partial charge in [0.2, 0.25) is 0 Å². The third-order valence-electron chi connectivity index (χ3n) is 1.83. The monoisotopic (exact) mass is 310 g/mol. The Hall–Kier alpha value is -0.780. The summed E-state index contributed by atoms with van der Waals surface area (Å²) in [5, 5.41) is -0.0442. The maximum Gasteiger partial charge on any atom is 0.338 e. The second-order valence-corrected chi connectivity index (χ2v) is 7.53. The zero-order chi connectivity index (χ0) is 14.1. The molecule has 1 aromatic carbocycles. The molecule has 0 saturated carbocycles. The maximum absolute atomic E-state index is 11.7. The highest BCUT2D eigenvalue weighted by atomic mass is 35.7. The summed E-state index contributed by atoms with van der Waals surface area (Å²) < 4.78 is 27.6. The predicted octanol–water partition coefficient (Wildman–Crippen LogP) is 3.22. The smallest absolute Gasteiger partial charge is 0.338 e. The van der Waals surface area contributed by atoms with E-state index in [2.05, 4.69) is 0 Å². The molecule has 0 amide bonds. The molecular formula is C11H12Cl2O4S. The lowest BCUT2D eigenvalue weighted by Gasteiger charge is -2.19. The topological polar surface area (TPSA) is 60.4 Å². The zero-order valence-electron chi connectivity index (χ0n) is 10.0. The number of carbonyl (C=O) groups is 1. The van der Waals surface area contributed by atoms with Crippen LogP contribution in [0.3, 0.4) is 0 Å². The Balaban J connectivity index is 3.18. The Morgan fingerprint density at radius 2 is 1.83 bits per heavy atom. The van der Waals surface area contributed by atoms with Crippen molar-refractivity contribution in [2.75, 3.05) is 0 Å². The van der Waals surface area contributed by atoms with E-state index in [0.717, 1.165) is 6.07 Å². The molecule has 0 saturated heterocycles. The molecule has 0 fully saturated rings. The number of hydrogen-bond donors (Lipinski definition) is 0. The van der Waals surface area contributed by atoms with Gasteiger partial charge in [0.15, 0.2) is 0 Å². The maximum atomic E-state index is 11.7. The van der Waals surface area contributed by atoms with E-state index < -0.39 is 20.6 Å². The van der Waals surface area contributed by atoms with Gasteiger partial charge < -0.3 is 4.74 Å². The lowest BCUT2D eigenvalue weighted by atomic mass is 10.1. The molecule has 0 spiro atoms. The summed E-state index contributed by atoms with van der Waals surface area (Å²) >= 11 is 5.70. The molecular weight excluding hydrogens is 299 g/mol. The molecule has 100 valence electrons. The highest BCUT2D eigenvalue weighted by Gasteiger charge is 2.21. The first-order chi connectivity index (χ1) is 8.00. The van der Waals surface area contributed by atoms with Gasteiger partial charge in [-0.1, -0.05) is 11.6 Å². The van der Waals surface area contributed by atoms with Crippen LogP contribution >= 0.6 is 22.3 Å². The van der Waals surface area contributed by atoms with Gasteiger partial charge in [0.05, 0.1) is 10.6 Å². The fourth-order valence-corrected chi connectivity index (χ4v) is 2.65. The van der Waals surface area contributed by atoms with Crippen molar-refractivity contribution in [1.82, 2.24) is 0 Å². The number of esters is 1. The van der Waals surface area contributed by atoms with Gasteiger partial charge in [-0.15, -0.1) is 0 Å². The van der Waals surface area contributed by atoms with E-state index in [1.165, 1.54) is 12.1 Å². The predicted molar refractivity (Wildman–Crippen MR) is 69.7 cm³/mol. The van der Waals surface area contributed by atoms with Crippen LogP contribution in [-0.4, -0.2) is 20.0 Å². The van der Waals surface area contributed by atoms with E-state index >= 15 is 0 Å². The average Bonchev–Trinajstić information content (AvgIpc) is 2.13. The van der Waals surface area contributed by atoms with Crippen molar-refractivity contribution in [1.29, 1.82) is 0 Å². The molecule has 0 heterocycles. The molecule has 4 nitrogen and oxygen atoms in total. The molecule has 0 radical (unpaired) electrons. The highest BCUT2D eigenvalue weighted by molar-refractivity contribution is 8.13. The van der Waals surface area contributed by atoms with Crippen LogP contribution in [0.1, 0.15) is 31.1 Å². The molecule has 0 aliphatic carbocycles. The Labute approximate surface area is 115 Å². The highest BCUT2D eigenvalue weighted by Crippen LogP contribution is 2.26. The molecule has 0 aromatic heterocycles. The molecule has 1 rings (SSSR count). The molecule has 0 aliphatic heterocycles. The molecule has 0 N–H and O–H groups in total. The normalized spacial score (nSPS) is 12.3. The lowest BCUT2D eigenvalue weighted by molar-refractivity contribution is 0.00693. The van der Waals surface area contributed by atoms with Crippen LogP contribution in [0.2, 0.25) is 5.02 Å². The van der Waals surface area contributed by atoms with E-state index in [0.29, 0.717) is 0 Å². The van der Waals surface area contributed by atoms with Gasteiger partial charge in [-0.25, -0.2) is 13.2 Å². The third-order valence-corrected chi connectivity index (χ3v) is 3.63. The zero-order valence-corrected chi connectivity index (χ0v) is 12.4. The molecule has 7 heteroatoms.